The quantitative estimate of drug-likeness (QED) is 0.492. The first-order chi connectivity index (χ1) is 15.0. The van der Waals surface area contributed by atoms with Gasteiger partial charge in [0.15, 0.2) is 0 Å². The van der Waals surface area contributed by atoms with Crippen LogP contribution in [0.3, 0.4) is 0 Å². The van der Waals surface area contributed by atoms with E-state index in [9.17, 15) is 13.6 Å². The molecule has 1 aliphatic carbocycles. The molecule has 1 fully saturated rings. The molecule has 0 aromatic heterocycles. The number of benzene rings is 2. The monoisotopic (exact) mass is 430 g/mol. The zero-order valence-corrected chi connectivity index (χ0v) is 17.5. The number of nitrogens with one attached hydrogen (secondary N) is 1. The molecule has 0 saturated carbocycles. The number of ether oxygens (including phenoxy) is 2. The number of rotatable bonds is 7. The van der Waals surface area contributed by atoms with Crippen molar-refractivity contribution in [1.29, 1.82) is 0 Å². The summed E-state index contributed by atoms with van der Waals surface area (Å²) in [6, 6.07) is 7.15. The molecule has 0 amide bonds. The maximum Gasteiger partial charge on any atom is 0.310 e. The molecule has 1 saturated heterocycles. The summed E-state index contributed by atoms with van der Waals surface area (Å²) in [5.74, 6) is -1.54. The van der Waals surface area contributed by atoms with E-state index in [1.807, 2.05) is 12.1 Å². The molecular weight excluding hydrogens is 402 g/mol. The van der Waals surface area contributed by atoms with Crippen LogP contribution in [0.2, 0.25) is 0 Å². The van der Waals surface area contributed by atoms with Crippen LogP contribution in [0.15, 0.2) is 30.3 Å². The number of aryl methyl sites for hydroxylation is 1. The third-order valence-corrected chi connectivity index (χ3v) is 5.98. The van der Waals surface area contributed by atoms with E-state index in [0.717, 1.165) is 67.9 Å². The number of hydrogen-bond donors (Lipinski definition) is 2. The highest BCUT2D eigenvalue weighted by Gasteiger charge is 2.23. The summed E-state index contributed by atoms with van der Waals surface area (Å²) < 4.78 is 38.0. The van der Waals surface area contributed by atoms with Crippen molar-refractivity contribution in [3.63, 3.8) is 0 Å². The molecule has 31 heavy (non-hydrogen) atoms. The van der Waals surface area contributed by atoms with Crippen molar-refractivity contribution in [2.24, 2.45) is 0 Å². The van der Waals surface area contributed by atoms with Crippen LogP contribution in [0.25, 0.3) is 0 Å². The van der Waals surface area contributed by atoms with Crippen molar-refractivity contribution >= 4 is 17.3 Å². The van der Waals surface area contributed by atoms with Crippen LogP contribution in [0.4, 0.5) is 20.2 Å². The molecule has 2 atom stereocenters. The average molecular weight is 430 g/mol. The number of halogens is 2. The summed E-state index contributed by atoms with van der Waals surface area (Å²) in [7, 11) is 0. The van der Waals surface area contributed by atoms with Gasteiger partial charge in [-0.25, -0.2) is 8.78 Å². The topological polar surface area (TPSA) is 73.6 Å². The van der Waals surface area contributed by atoms with Crippen LogP contribution in [0.5, 0.6) is 0 Å². The maximum atomic E-state index is 13.5. The van der Waals surface area contributed by atoms with Crippen LogP contribution in [0.1, 0.15) is 54.8 Å². The van der Waals surface area contributed by atoms with Crippen LogP contribution >= 0.6 is 0 Å². The number of fused-ring (bicyclic) bond motifs is 1. The van der Waals surface area contributed by atoms with Gasteiger partial charge in [0.25, 0.3) is 0 Å². The zero-order chi connectivity index (χ0) is 21.8. The summed E-state index contributed by atoms with van der Waals surface area (Å²) in [6.45, 7) is 1.14. The van der Waals surface area contributed by atoms with Gasteiger partial charge >= 0.3 is 5.97 Å². The molecule has 2 aromatic carbocycles. The van der Waals surface area contributed by atoms with Gasteiger partial charge in [-0.3, -0.25) is 4.79 Å². The second kappa shape index (κ2) is 9.64. The smallest absolute Gasteiger partial charge is 0.310 e. The van der Waals surface area contributed by atoms with Crippen molar-refractivity contribution in [3.05, 3.63) is 58.7 Å². The summed E-state index contributed by atoms with van der Waals surface area (Å²) in [4.78, 5) is 12.3. The number of nitrogens with two attached hydrogens (primary N) is 1. The number of hydrogen-bond acceptors (Lipinski definition) is 5. The Bertz CT molecular complexity index is 924. The van der Waals surface area contributed by atoms with Gasteiger partial charge in [0.05, 0.1) is 25.2 Å². The molecular formula is C24H28F2N2O3. The molecule has 2 aliphatic rings. The van der Waals surface area contributed by atoms with Crippen molar-refractivity contribution < 1.29 is 23.0 Å². The van der Waals surface area contributed by atoms with Gasteiger partial charge in [0.1, 0.15) is 11.6 Å². The minimum atomic E-state index is -0.619. The van der Waals surface area contributed by atoms with E-state index in [-0.39, 0.29) is 24.5 Å². The lowest BCUT2D eigenvalue weighted by Gasteiger charge is -2.28. The Labute approximate surface area is 180 Å². The summed E-state index contributed by atoms with van der Waals surface area (Å²) in [5, 5.41) is 3.22. The number of carbonyl (C=O) groups excluding carboxylic acids is 1. The Morgan fingerprint density at radius 2 is 1.94 bits per heavy atom. The Balaban J connectivity index is 1.41. The van der Waals surface area contributed by atoms with Crippen LogP contribution in [-0.4, -0.2) is 25.3 Å². The first-order valence-corrected chi connectivity index (χ1v) is 10.9. The van der Waals surface area contributed by atoms with Gasteiger partial charge < -0.3 is 20.5 Å². The second-order valence-corrected chi connectivity index (χ2v) is 8.32. The van der Waals surface area contributed by atoms with Crippen molar-refractivity contribution in [2.45, 2.75) is 57.1 Å². The number of anilines is 2. The van der Waals surface area contributed by atoms with Crippen LogP contribution < -0.4 is 11.1 Å². The van der Waals surface area contributed by atoms with Gasteiger partial charge in [0, 0.05) is 30.5 Å². The number of carbonyl (C=O) groups is 1. The highest BCUT2D eigenvalue weighted by atomic mass is 19.1. The number of nitrogen functional groups attached to an aromatic ring is 1. The molecule has 0 radical (unpaired) electrons. The van der Waals surface area contributed by atoms with E-state index in [1.165, 1.54) is 12.1 Å². The third-order valence-electron chi connectivity index (χ3n) is 5.98. The lowest BCUT2D eigenvalue weighted by Crippen LogP contribution is -2.19. The van der Waals surface area contributed by atoms with Crippen LogP contribution in [0, 0.1) is 11.6 Å². The van der Waals surface area contributed by atoms with Gasteiger partial charge in [-0.05, 0) is 67.0 Å². The summed E-state index contributed by atoms with van der Waals surface area (Å²) in [5.41, 5.74) is 10.0. The fraction of sp³-hybridized carbons (Fsp3) is 0.458. The Morgan fingerprint density at radius 3 is 2.68 bits per heavy atom. The predicted molar refractivity (Wildman–Crippen MR) is 115 cm³/mol. The molecule has 166 valence electrons. The largest absolute Gasteiger partial charge is 0.465 e. The molecule has 7 heteroatoms. The first kappa shape index (κ1) is 21.6. The normalized spacial score (nSPS) is 20.3. The number of esters is 1. The molecule has 1 aliphatic heterocycles. The third kappa shape index (κ3) is 5.53. The second-order valence-electron chi connectivity index (χ2n) is 8.32. The lowest BCUT2D eigenvalue weighted by atomic mass is 9.85. The molecule has 3 N–H and O–H groups in total. The summed E-state index contributed by atoms with van der Waals surface area (Å²) in [6.07, 6.45) is 5.75. The Morgan fingerprint density at radius 1 is 1.13 bits per heavy atom. The molecule has 1 heterocycles. The van der Waals surface area contributed by atoms with E-state index in [0.29, 0.717) is 18.0 Å². The lowest BCUT2D eigenvalue weighted by molar-refractivity contribution is -0.143. The Kier molecular flexibility index (Phi) is 6.70. The maximum absolute atomic E-state index is 13.5. The van der Waals surface area contributed by atoms with Crippen molar-refractivity contribution in [3.8, 4) is 0 Å². The fourth-order valence-electron chi connectivity index (χ4n) is 4.45. The summed E-state index contributed by atoms with van der Waals surface area (Å²) >= 11 is 0. The molecule has 0 bridgehead atoms. The first-order valence-electron chi connectivity index (χ1n) is 10.9. The van der Waals surface area contributed by atoms with E-state index in [2.05, 4.69) is 5.32 Å². The van der Waals surface area contributed by atoms with E-state index < -0.39 is 11.6 Å². The average Bonchev–Trinajstić information content (AvgIpc) is 3.22. The van der Waals surface area contributed by atoms with Gasteiger partial charge in [0.2, 0.25) is 0 Å². The van der Waals surface area contributed by atoms with Crippen molar-refractivity contribution in [1.82, 2.24) is 0 Å². The van der Waals surface area contributed by atoms with Crippen molar-refractivity contribution in [2.75, 3.05) is 24.3 Å². The molecule has 0 spiro atoms. The molecule has 4 rings (SSSR count). The highest BCUT2D eigenvalue weighted by molar-refractivity contribution is 5.75. The predicted octanol–water partition coefficient (Wildman–Crippen LogP) is 4.69. The Hall–Kier alpha value is -2.67. The minimum Gasteiger partial charge on any atom is -0.465 e. The van der Waals surface area contributed by atoms with E-state index >= 15 is 0 Å². The standard InChI is InChI=1S/C24H28F2N2O3/c25-17-11-18(26)13-19(12-17)28-23-5-1-3-15-9-16(22(27)14-21(15)23)10-24(29)31-8-6-20-4-2-7-30-20/h9,11-14,20,23,28H,1-8,10,27H2. The van der Waals surface area contributed by atoms with Crippen LogP contribution in [-0.2, 0) is 27.1 Å². The zero-order valence-electron chi connectivity index (χ0n) is 17.5. The SMILES string of the molecule is Nc1cc2c(cc1CC(=O)OCCC1CCCO1)CCCC2Nc1cc(F)cc(F)c1. The van der Waals surface area contributed by atoms with E-state index in [4.69, 9.17) is 15.2 Å². The van der Waals surface area contributed by atoms with Gasteiger partial charge in [-0.15, -0.1) is 0 Å². The minimum absolute atomic E-state index is 0.0975. The highest BCUT2D eigenvalue weighted by Crippen LogP contribution is 2.35. The molecule has 5 nitrogen and oxygen atoms in total. The molecule has 2 aromatic rings. The van der Waals surface area contributed by atoms with E-state index in [1.54, 1.807) is 0 Å². The van der Waals surface area contributed by atoms with Gasteiger partial charge in [-0.1, -0.05) is 6.07 Å². The fourth-order valence-corrected chi connectivity index (χ4v) is 4.45. The van der Waals surface area contributed by atoms with Gasteiger partial charge in [-0.2, -0.15) is 0 Å². The molecule has 2 unspecified atom stereocenters.